The second-order valence-corrected chi connectivity index (χ2v) is 7.95. The van der Waals surface area contributed by atoms with Crippen molar-refractivity contribution < 1.29 is 14.0 Å². The van der Waals surface area contributed by atoms with E-state index in [9.17, 15) is 14.0 Å². The number of aromatic nitrogens is 2. The van der Waals surface area contributed by atoms with Gasteiger partial charge in [-0.2, -0.15) is 0 Å². The number of aryl methyl sites for hydroxylation is 2. The smallest absolute Gasteiger partial charge is 0.282 e. The molecule has 8 heteroatoms. The highest BCUT2D eigenvalue weighted by atomic mass is 32.2. The molecule has 1 aliphatic heterocycles. The highest BCUT2D eigenvalue weighted by Gasteiger charge is 2.41. The van der Waals surface area contributed by atoms with E-state index in [0.717, 1.165) is 33.6 Å². The van der Waals surface area contributed by atoms with Crippen molar-refractivity contribution in [2.75, 3.05) is 4.90 Å². The summed E-state index contributed by atoms with van der Waals surface area (Å²) in [5, 5.41) is 3.42. The summed E-state index contributed by atoms with van der Waals surface area (Å²) in [6, 6.07) is 17.0. The molecule has 0 radical (unpaired) electrons. The van der Waals surface area contributed by atoms with Gasteiger partial charge in [0.1, 0.15) is 16.4 Å². The number of carbonyl (C=O) groups excluding carboxylic acids is 2. The molecular weight excluding hydrogens is 415 g/mol. The number of amides is 2. The van der Waals surface area contributed by atoms with Crippen LogP contribution in [0.2, 0.25) is 0 Å². The van der Waals surface area contributed by atoms with E-state index in [1.54, 1.807) is 6.07 Å². The molecule has 2 heterocycles. The quantitative estimate of drug-likeness (QED) is 0.469. The maximum Gasteiger partial charge on any atom is 0.282 e. The number of para-hydroxylation sites is 1. The maximum atomic E-state index is 14.4. The number of nitrogens with one attached hydrogen (secondary N) is 1. The third kappa shape index (κ3) is 4.34. The van der Waals surface area contributed by atoms with E-state index in [2.05, 4.69) is 15.3 Å². The van der Waals surface area contributed by atoms with Crippen molar-refractivity contribution in [1.29, 1.82) is 0 Å². The van der Waals surface area contributed by atoms with Crippen LogP contribution < -0.4 is 10.2 Å². The summed E-state index contributed by atoms with van der Waals surface area (Å²) < 4.78 is 14.4. The zero-order valence-corrected chi connectivity index (χ0v) is 17.7. The Bertz CT molecular complexity index is 1180. The van der Waals surface area contributed by atoms with Gasteiger partial charge in [0.15, 0.2) is 5.16 Å². The maximum absolute atomic E-state index is 14.4. The summed E-state index contributed by atoms with van der Waals surface area (Å²) >= 11 is 0.999. The van der Waals surface area contributed by atoms with E-state index in [4.69, 9.17) is 0 Å². The van der Waals surface area contributed by atoms with E-state index in [-0.39, 0.29) is 16.3 Å². The monoisotopic (exact) mass is 434 g/mol. The summed E-state index contributed by atoms with van der Waals surface area (Å²) in [7, 11) is 0. The van der Waals surface area contributed by atoms with Crippen molar-refractivity contribution in [3.8, 4) is 0 Å². The fourth-order valence-corrected chi connectivity index (χ4v) is 4.23. The topological polar surface area (TPSA) is 75.2 Å². The molecule has 31 heavy (non-hydrogen) atoms. The van der Waals surface area contributed by atoms with Crippen LogP contribution in [0, 0.1) is 19.7 Å². The highest BCUT2D eigenvalue weighted by Crippen LogP contribution is 2.36. The normalized spacial score (nSPS) is 13.8. The van der Waals surface area contributed by atoms with Gasteiger partial charge in [0, 0.05) is 17.9 Å². The van der Waals surface area contributed by atoms with Crippen LogP contribution in [-0.4, -0.2) is 21.8 Å². The lowest BCUT2D eigenvalue weighted by Gasteiger charge is -2.15. The van der Waals surface area contributed by atoms with Crippen LogP contribution in [0.15, 0.2) is 76.4 Å². The van der Waals surface area contributed by atoms with E-state index < -0.39 is 17.6 Å². The average molecular weight is 434 g/mol. The number of nitrogens with zero attached hydrogens (tertiary/aromatic N) is 3. The molecule has 0 spiro atoms. The Hall–Kier alpha value is -3.52. The van der Waals surface area contributed by atoms with Gasteiger partial charge < -0.3 is 5.32 Å². The van der Waals surface area contributed by atoms with Crippen molar-refractivity contribution >= 4 is 29.3 Å². The summed E-state index contributed by atoms with van der Waals surface area (Å²) in [6.45, 7) is 3.99. The zero-order chi connectivity index (χ0) is 22.0. The van der Waals surface area contributed by atoms with Crippen LogP contribution in [0.25, 0.3) is 0 Å². The molecule has 6 nitrogen and oxygen atoms in total. The first-order valence-corrected chi connectivity index (χ1v) is 10.4. The molecule has 2 aromatic carbocycles. The van der Waals surface area contributed by atoms with Gasteiger partial charge in [-0.3, -0.25) is 9.59 Å². The van der Waals surface area contributed by atoms with E-state index in [0.29, 0.717) is 11.7 Å². The standard InChI is InChI=1S/C23H19FN4O2S/c1-14-12-15(2)27-23(26-14)31-20-19(25-13-16-8-4-3-5-9-16)21(29)28(22(20)30)18-11-7-6-10-17(18)24/h3-12,25H,13H2,1-2H3. The number of thioether (sulfide) groups is 1. The second-order valence-electron chi connectivity index (χ2n) is 6.98. The summed E-state index contributed by atoms with van der Waals surface area (Å²) in [4.78, 5) is 36.1. The minimum atomic E-state index is -0.652. The number of hydrogen-bond acceptors (Lipinski definition) is 6. The largest absolute Gasteiger partial charge is 0.375 e. The molecule has 1 N–H and O–H groups in total. The number of imide groups is 1. The van der Waals surface area contributed by atoms with Gasteiger partial charge in [0.05, 0.1) is 5.69 Å². The van der Waals surface area contributed by atoms with Gasteiger partial charge >= 0.3 is 0 Å². The van der Waals surface area contributed by atoms with Gasteiger partial charge in [-0.1, -0.05) is 42.5 Å². The zero-order valence-electron chi connectivity index (χ0n) is 16.9. The SMILES string of the molecule is Cc1cc(C)nc(SC2=C(NCc3ccccc3)C(=O)N(c3ccccc3F)C2=O)n1. The fourth-order valence-electron chi connectivity index (χ4n) is 3.23. The lowest BCUT2D eigenvalue weighted by atomic mass is 10.2. The number of rotatable bonds is 6. The Balaban J connectivity index is 1.72. The van der Waals surface area contributed by atoms with Crippen LogP contribution in [0.4, 0.5) is 10.1 Å². The van der Waals surface area contributed by atoms with Crippen LogP contribution in [-0.2, 0) is 16.1 Å². The third-order valence-corrected chi connectivity index (χ3v) is 5.55. The first-order chi connectivity index (χ1) is 14.9. The Labute approximate surface area is 183 Å². The van der Waals surface area contributed by atoms with Crippen LogP contribution >= 0.6 is 11.8 Å². The van der Waals surface area contributed by atoms with E-state index in [1.165, 1.54) is 18.2 Å². The molecule has 0 saturated carbocycles. The lowest BCUT2D eigenvalue weighted by Crippen LogP contribution is -2.34. The molecule has 0 saturated heterocycles. The molecule has 156 valence electrons. The predicted octanol–water partition coefficient (Wildman–Crippen LogP) is 3.90. The molecule has 0 bridgehead atoms. The van der Waals surface area contributed by atoms with Crippen molar-refractivity contribution in [3.63, 3.8) is 0 Å². The number of benzene rings is 2. The average Bonchev–Trinajstić information content (AvgIpc) is 2.96. The van der Waals surface area contributed by atoms with Crippen molar-refractivity contribution in [3.05, 3.63) is 94.0 Å². The number of carbonyl (C=O) groups is 2. The van der Waals surface area contributed by atoms with E-state index >= 15 is 0 Å². The first-order valence-electron chi connectivity index (χ1n) is 9.59. The molecule has 1 aromatic heterocycles. The van der Waals surface area contributed by atoms with Crippen LogP contribution in [0.1, 0.15) is 17.0 Å². The van der Waals surface area contributed by atoms with Crippen molar-refractivity contribution in [2.24, 2.45) is 0 Å². The lowest BCUT2D eigenvalue weighted by molar-refractivity contribution is -0.120. The fraction of sp³-hybridized carbons (Fsp3) is 0.130. The van der Waals surface area contributed by atoms with Gasteiger partial charge in [0.25, 0.3) is 11.8 Å². The van der Waals surface area contributed by atoms with Crippen LogP contribution in [0.3, 0.4) is 0 Å². The molecule has 0 unspecified atom stereocenters. The second kappa shape index (κ2) is 8.69. The molecule has 0 aliphatic carbocycles. The van der Waals surface area contributed by atoms with Gasteiger partial charge in [-0.25, -0.2) is 19.3 Å². The van der Waals surface area contributed by atoms with E-state index in [1.807, 2.05) is 50.2 Å². The molecule has 4 rings (SSSR count). The Morgan fingerprint density at radius 3 is 2.26 bits per heavy atom. The number of anilines is 1. The Morgan fingerprint density at radius 2 is 1.58 bits per heavy atom. The third-order valence-electron chi connectivity index (χ3n) is 4.60. The van der Waals surface area contributed by atoms with Gasteiger partial charge in [-0.05, 0) is 49.4 Å². The Kier molecular flexibility index (Phi) is 5.81. The minimum Gasteiger partial charge on any atom is -0.375 e. The molecule has 3 aromatic rings. The summed E-state index contributed by atoms with van der Waals surface area (Å²) in [5.74, 6) is -1.88. The molecule has 1 aliphatic rings. The highest BCUT2D eigenvalue weighted by molar-refractivity contribution is 8.04. The number of halogens is 1. The summed E-state index contributed by atoms with van der Waals surface area (Å²) in [5.41, 5.74) is 2.44. The summed E-state index contributed by atoms with van der Waals surface area (Å²) in [6.07, 6.45) is 0. The predicted molar refractivity (Wildman–Crippen MR) is 117 cm³/mol. The van der Waals surface area contributed by atoms with Crippen molar-refractivity contribution in [2.45, 2.75) is 25.5 Å². The van der Waals surface area contributed by atoms with Gasteiger partial charge in [0.2, 0.25) is 0 Å². The molecule has 2 amide bonds. The first kappa shape index (κ1) is 20.7. The van der Waals surface area contributed by atoms with Gasteiger partial charge in [-0.15, -0.1) is 0 Å². The van der Waals surface area contributed by atoms with Crippen LogP contribution in [0.5, 0.6) is 0 Å². The molecular formula is C23H19FN4O2S. The number of hydrogen-bond donors (Lipinski definition) is 1. The minimum absolute atomic E-state index is 0.0894. The molecule has 0 fully saturated rings. The molecule has 0 atom stereocenters. The van der Waals surface area contributed by atoms with Crippen molar-refractivity contribution in [1.82, 2.24) is 15.3 Å². The Morgan fingerprint density at radius 1 is 0.935 bits per heavy atom.